The van der Waals surface area contributed by atoms with Crippen LogP contribution in [0.25, 0.3) is 22.0 Å². The number of hydrogen-bond acceptors (Lipinski definition) is 4. The van der Waals surface area contributed by atoms with Crippen LogP contribution in [-0.2, 0) is 4.79 Å². The van der Waals surface area contributed by atoms with Gasteiger partial charge in [-0.1, -0.05) is 72.4 Å². The molecular formula is C26H21N3OS. The van der Waals surface area contributed by atoms with E-state index < -0.39 is 0 Å². The summed E-state index contributed by atoms with van der Waals surface area (Å²) in [6, 6.07) is 25.8. The number of amides is 1. The Balaban J connectivity index is 1.55. The molecule has 0 saturated carbocycles. The number of benzene rings is 3. The summed E-state index contributed by atoms with van der Waals surface area (Å²) in [5.74, 6) is 0.0291. The summed E-state index contributed by atoms with van der Waals surface area (Å²) < 4.78 is 0. The number of aromatic nitrogens is 1. The number of hydrogen-bond donors (Lipinski definition) is 1. The second-order valence-corrected chi connectivity index (χ2v) is 8.24. The molecule has 0 aliphatic carbocycles. The number of nitrogens with zero attached hydrogens (tertiary/aromatic N) is 2. The first-order chi connectivity index (χ1) is 15.1. The van der Waals surface area contributed by atoms with Gasteiger partial charge in [0.05, 0.1) is 16.8 Å². The molecule has 5 heteroatoms. The molecule has 0 bridgehead atoms. The maximum absolute atomic E-state index is 12.7. The Morgan fingerprint density at radius 2 is 1.77 bits per heavy atom. The largest absolute Gasteiger partial charge is 0.325 e. The van der Waals surface area contributed by atoms with E-state index in [2.05, 4.69) is 11.4 Å². The van der Waals surface area contributed by atoms with E-state index in [1.165, 1.54) is 11.8 Å². The highest BCUT2D eigenvalue weighted by molar-refractivity contribution is 8.00. The van der Waals surface area contributed by atoms with Crippen LogP contribution in [0, 0.1) is 25.2 Å². The molecule has 4 aromatic rings. The summed E-state index contributed by atoms with van der Waals surface area (Å²) in [5.41, 5.74) is 6.36. The van der Waals surface area contributed by atoms with E-state index in [1.54, 1.807) is 0 Å². The molecule has 1 N–H and O–H groups in total. The fraction of sp³-hybridized carbons (Fsp3) is 0.115. The number of anilines is 1. The van der Waals surface area contributed by atoms with E-state index in [0.29, 0.717) is 10.6 Å². The molecule has 0 atom stereocenters. The van der Waals surface area contributed by atoms with Crippen molar-refractivity contribution in [2.24, 2.45) is 0 Å². The molecule has 0 fully saturated rings. The minimum Gasteiger partial charge on any atom is -0.325 e. The highest BCUT2D eigenvalue weighted by Gasteiger charge is 2.13. The lowest BCUT2D eigenvalue weighted by Crippen LogP contribution is -2.15. The lowest BCUT2D eigenvalue weighted by Gasteiger charge is -2.12. The molecule has 0 spiro atoms. The number of carbonyl (C=O) groups excluding carboxylic acids is 1. The highest BCUT2D eigenvalue weighted by Crippen LogP contribution is 2.29. The van der Waals surface area contributed by atoms with Crippen molar-refractivity contribution in [1.82, 2.24) is 4.98 Å². The Morgan fingerprint density at radius 1 is 1.03 bits per heavy atom. The van der Waals surface area contributed by atoms with E-state index in [0.717, 1.165) is 38.8 Å². The summed E-state index contributed by atoms with van der Waals surface area (Å²) in [6.07, 6.45) is 0. The normalized spacial score (nSPS) is 10.6. The third kappa shape index (κ3) is 4.45. The van der Waals surface area contributed by atoms with Crippen LogP contribution < -0.4 is 5.32 Å². The quantitative estimate of drug-likeness (QED) is 0.393. The zero-order chi connectivity index (χ0) is 21.8. The molecular weight excluding hydrogens is 402 g/mol. The molecule has 0 aliphatic heterocycles. The summed E-state index contributed by atoms with van der Waals surface area (Å²) >= 11 is 1.28. The van der Waals surface area contributed by atoms with Gasteiger partial charge in [0.15, 0.2) is 0 Å². The predicted molar refractivity (Wildman–Crippen MR) is 127 cm³/mol. The number of aryl methyl sites for hydroxylation is 2. The molecule has 31 heavy (non-hydrogen) atoms. The maximum atomic E-state index is 12.7. The molecule has 4 rings (SSSR count). The van der Waals surface area contributed by atoms with Gasteiger partial charge in [-0.05, 0) is 42.7 Å². The van der Waals surface area contributed by atoms with Gasteiger partial charge >= 0.3 is 0 Å². The number of thioether (sulfide) groups is 1. The fourth-order valence-corrected chi connectivity index (χ4v) is 4.19. The molecule has 0 saturated heterocycles. The van der Waals surface area contributed by atoms with Gasteiger partial charge in [0.25, 0.3) is 0 Å². The van der Waals surface area contributed by atoms with Crippen LogP contribution in [0.15, 0.2) is 77.8 Å². The minimum absolute atomic E-state index is 0.139. The van der Waals surface area contributed by atoms with E-state index in [-0.39, 0.29) is 11.7 Å². The fourth-order valence-electron chi connectivity index (χ4n) is 3.44. The van der Waals surface area contributed by atoms with Crippen LogP contribution in [0.5, 0.6) is 0 Å². The van der Waals surface area contributed by atoms with Gasteiger partial charge < -0.3 is 5.32 Å². The monoisotopic (exact) mass is 423 g/mol. The van der Waals surface area contributed by atoms with Crippen molar-refractivity contribution in [2.45, 2.75) is 18.9 Å². The van der Waals surface area contributed by atoms with Crippen LogP contribution in [0.3, 0.4) is 0 Å². The summed E-state index contributed by atoms with van der Waals surface area (Å²) in [4.78, 5) is 17.4. The molecule has 1 amide bonds. The van der Waals surface area contributed by atoms with Crippen LogP contribution in [0.4, 0.5) is 5.69 Å². The summed E-state index contributed by atoms with van der Waals surface area (Å²) in [5, 5.41) is 14.1. The van der Waals surface area contributed by atoms with Crippen molar-refractivity contribution in [3.05, 3.63) is 89.5 Å². The van der Waals surface area contributed by atoms with Gasteiger partial charge in [-0.2, -0.15) is 5.26 Å². The van der Waals surface area contributed by atoms with Gasteiger partial charge in [0.1, 0.15) is 11.1 Å². The van der Waals surface area contributed by atoms with Crippen LogP contribution in [0.1, 0.15) is 16.7 Å². The van der Waals surface area contributed by atoms with Crippen molar-refractivity contribution in [1.29, 1.82) is 5.26 Å². The molecule has 1 aromatic heterocycles. The predicted octanol–water partition coefficient (Wildman–Crippen LogP) is 6.12. The molecule has 0 unspecified atom stereocenters. The number of fused-ring (bicyclic) bond motifs is 1. The van der Waals surface area contributed by atoms with Gasteiger partial charge in [-0.3, -0.25) is 4.79 Å². The smallest absolute Gasteiger partial charge is 0.234 e. The van der Waals surface area contributed by atoms with Gasteiger partial charge in [-0.25, -0.2) is 4.98 Å². The van der Waals surface area contributed by atoms with Crippen LogP contribution >= 0.6 is 11.8 Å². The number of carbonyl (C=O) groups is 1. The Labute approximate surface area is 185 Å². The minimum atomic E-state index is -0.139. The lowest BCUT2D eigenvalue weighted by molar-refractivity contribution is -0.113. The molecule has 0 aliphatic rings. The molecule has 0 radical (unpaired) electrons. The van der Waals surface area contributed by atoms with E-state index >= 15 is 0 Å². The van der Waals surface area contributed by atoms with Gasteiger partial charge in [0.2, 0.25) is 5.91 Å². The van der Waals surface area contributed by atoms with E-state index in [9.17, 15) is 10.1 Å². The standard InChI is InChI=1S/C26H21N3OS/c1-17-12-13-20-14-21(15-27)26(29-25(20)18(17)2)31-16-24(30)28-23-11-7-6-10-22(23)19-8-4-3-5-9-19/h3-14H,16H2,1-2H3,(H,28,30). The zero-order valence-electron chi connectivity index (χ0n) is 17.3. The van der Waals surface area contributed by atoms with Crippen molar-refractivity contribution >= 4 is 34.3 Å². The first-order valence-corrected chi connectivity index (χ1v) is 10.9. The second kappa shape index (κ2) is 9.03. The zero-order valence-corrected chi connectivity index (χ0v) is 18.2. The first-order valence-electron chi connectivity index (χ1n) is 9.95. The average Bonchev–Trinajstić information content (AvgIpc) is 2.80. The number of nitriles is 1. The number of para-hydroxylation sites is 1. The SMILES string of the molecule is Cc1ccc2cc(C#N)c(SCC(=O)Nc3ccccc3-c3ccccc3)nc2c1C. The third-order valence-electron chi connectivity index (χ3n) is 5.22. The lowest BCUT2D eigenvalue weighted by atomic mass is 10.0. The molecule has 4 nitrogen and oxygen atoms in total. The number of nitrogens with one attached hydrogen (secondary N) is 1. The highest BCUT2D eigenvalue weighted by atomic mass is 32.2. The van der Waals surface area contributed by atoms with Crippen molar-refractivity contribution in [3.8, 4) is 17.2 Å². The van der Waals surface area contributed by atoms with Crippen molar-refractivity contribution in [3.63, 3.8) is 0 Å². The van der Waals surface area contributed by atoms with E-state index in [1.807, 2.05) is 86.6 Å². The molecule has 152 valence electrons. The van der Waals surface area contributed by atoms with E-state index in [4.69, 9.17) is 4.98 Å². The van der Waals surface area contributed by atoms with Crippen LogP contribution in [0.2, 0.25) is 0 Å². The van der Waals surface area contributed by atoms with Crippen molar-refractivity contribution < 1.29 is 4.79 Å². The Morgan fingerprint density at radius 3 is 2.55 bits per heavy atom. The van der Waals surface area contributed by atoms with Gasteiger partial charge in [0, 0.05) is 16.6 Å². The van der Waals surface area contributed by atoms with Crippen molar-refractivity contribution in [2.75, 3.05) is 11.1 Å². The molecule has 1 heterocycles. The Kier molecular flexibility index (Phi) is 6.01. The Bertz CT molecular complexity index is 1310. The average molecular weight is 424 g/mol. The summed E-state index contributed by atoms with van der Waals surface area (Å²) in [7, 11) is 0. The first kappa shape index (κ1) is 20.6. The molecule has 3 aromatic carbocycles. The van der Waals surface area contributed by atoms with Crippen LogP contribution in [-0.4, -0.2) is 16.6 Å². The summed E-state index contributed by atoms with van der Waals surface area (Å²) in [6.45, 7) is 4.07. The number of pyridine rings is 1. The maximum Gasteiger partial charge on any atom is 0.234 e. The van der Waals surface area contributed by atoms with Gasteiger partial charge in [-0.15, -0.1) is 0 Å². The Hall–Kier alpha value is -3.62. The third-order valence-corrected chi connectivity index (χ3v) is 6.21. The second-order valence-electron chi connectivity index (χ2n) is 7.28. The number of rotatable bonds is 5. The topological polar surface area (TPSA) is 65.8 Å².